The molecule has 1 aliphatic rings. The van der Waals surface area contributed by atoms with Crippen molar-refractivity contribution in [1.29, 1.82) is 0 Å². The molecule has 0 saturated carbocycles. The average molecular weight is 415 g/mol. The molecular weight excluding hydrogens is 388 g/mol. The van der Waals surface area contributed by atoms with Crippen LogP contribution < -0.4 is 10.1 Å². The Hall–Kier alpha value is -2.53. The molecule has 0 atom stereocenters. The number of likely N-dealkylation sites (tertiary alicyclic amines) is 1. The molecule has 154 valence electrons. The maximum Gasteiger partial charge on any atom is 0.223 e. The Kier molecular flexibility index (Phi) is 7.94. The van der Waals surface area contributed by atoms with Gasteiger partial charge in [0, 0.05) is 30.6 Å². The van der Waals surface area contributed by atoms with Gasteiger partial charge in [0.05, 0.1) is 13.0 Å². The minimum atomic E-state index is -0.00607. The zero-order chi connectivity index (χ0) is 20.5. The summed E-state index contributed by atoms with van der Waals surface area (Å²) in [6, 6.07) is 17.2. The van der Waals surface area contributed by atoms with E-state index >= 15 is 0 Å². The van der Waals surface area contributed by atoms with Gasteiger partial charge in [-0.2, -0.15) is 0 Å². The number of hydrogen-bond donors (Lipinski definition) is 1. The SMILES string of the molecule is O=C(CCOc1ccccc1)NC1CCN(C(=O)CCc2ccc(Cl)cc2)CC1. The average Bonchev–Trinajstić information content (AvgIpc) is 2.74. The number of halogens is 1. The molecule has 2 aromatic rings. The second-order valence-corrected chi connectivity index (χ2v) is 7.70. The number of para-hydroxylation sites is 1. The van der Waals surface area contributed by atoms with Gasteiger partial charge < -0.3 is 15.0 Å². The van der Waals surface area contributed by atoms with Crippen LogP contribution >= 0.6 is 11.6 Å². The number of piperidine rings is 1. The van der Waals surface area contributed by atoms with Crippen molar-refractivity contribution in [3.63, 3.8) is 0 Å². The third-order valence-electron chi connectivity index (χ3n) is 5.09. The largest absolute Gasteiger partial charge is 0.493 e. The highest BCUT2D eigenvalue weighted by atomic mass is 35.5. The first-order valence-corrected chi connectivity index (χ1v) is 10.5. The van der Waals surface area contributed by atoms with Crippen molar-refractivity contribution in [3.8, 4) is 5.75 Å². The Bertz CT molecular complexity index is 788. The Morgan fingerprint density at radius 3 is 2.38 bits per heavy atom. The summed E-state index contributed by atoms with van der Waals surface area (Å²) in [7, 11) is 0. The van der Waals surface area contributed by atoms with Crippen LogP contribution in [0.5, 0.6) is 5.75 Å². The van der Waals surface area contributed by atoms with Crippen molar-refractivity contribution < 1.29 is 14.3 Å². The third-order valence-corrected chi connectivity index (χ3v) is 5.35. The zero-order valence-electron chi connectivity index (χ0n) is 16.5. The Labute approximate surface area is 177 Å². The molecule has 0 aromatic heterocycles. The molecule has 2 amide bonds. The summed E-state index contributed by atoms with van der Waals surface area (Å²) in [5, 5.41) is 3.76. The summed E-state index contributed by atoms with van der Waals surface area (Å²) in [5.41, 5.74) is 1.11. The standard InChI is InChI=1S/C23H27ClN2O3/c24-19-9-6-18(7-10-19)8-11-23(28)26-15-12-20(13-16-26)25-22(27)14-17-29-21-4-2-1-3-5-21/h1-7,9-10,20H,8,11-17H2,(H,25,27). The highest BCUT2D eigenvalue weighted by Crippen LogP contribution is 2.15. The molecule has 1 saturated heterocycles. The van der Waals surface area contributed by atoms with Crippen molar-refractivity contribution in [2.24, 2.45) is 0 Å². The minimum absolute atomic E-state index is 0.00607. The van der Waals surface area contributed by atoms with Gasteiger partial charge in [-0.3, -0.25) is 9.59 Å². The molecule has 29 heavy (non-hydrogen) atoms. The normalized spacial score (nSPS) is 14.4. The van der Waals surface area contributed by atoms with E-state index in [0.717, 1.165) is 24.2 Å². The topological polar surface area (TPSA) is 58.6 Å². The summed E-state index contributed by atoms with van der Waals surface area (Å²) in [6.45, 7) is 1.73. The van der Waals surface area contributed by atoms with Gasteiger partial charge in [-0.25, -0.2) is 0 Å². The predicted molar refractivity (Wildman–Crippen MR) is 114 cm³/mol. The van der Waals surface area contributed by atoms with Crippen LogP contribution in [0.4, 0.5) is 0 Å². The molecule has 6 heteroatoms. The lowest BCUT2D eigenvalue weighted by Gasteiger charge is -2.32. The van der Waals surface area contributed by atoms with E-state index in [1.807, 2.05) is 59.5 Å². The first-order chi connectivity index (χ1) is 14.1. The van der Waals surface area contributed by atoms with Crippen LogP contribution in [-0.2, 0) is 16.0 Å². The maximum atomic E-state index is 12.4. The molecule has 1 fully saturated rings. The van der Waals surface area contributed by atoms with E-state index in [1.165, 1.54) is 0 Å². The van der Waals surface area contributed by atoms with Gasteiger partial charge in [0.25, 0.3) is 0 Å². The van der Waals surface area contributed by atoms with Crippen LogP contribution in [0.2, 0.25) is 5.02 Å². The number of aryl methyl sites for hydroxylation is 1. The Morgan fingerprint density at radius 2 is 1.69 bits per heavy atom. The Balaban J connectivity index is 1.31. The van der Waals surface area contributed by atoms with E-state index in [0.29, 0.717) is 44.0 Å². The number of hydrogen-bond acceptors (Lipinski definition) is 3. The van der Waals surface area contributed by atoms with Gasteiger partial charge in [0.15, 0.2) is 0 Å². The number of nitrogens with zero attached hydrogens (tertiary/aromatic N) is 1. The number of carbonyl (C=O) groups excluding carboxylic acids is 2. The van der Waals surface area contributed by atoms with Crippen molar-refractivity contribution in [3.05, 3.63) is 65.2 Å². The van der Waals surface area contributed by atoms with Crippen molar-refractivity contribution >= 4 is 23.4 Å². The van der Waals surface area contributed by atoms with Crippen LogP contribution in [0.3, 0.4) is 0 Å². The number of carbonyl (C=O) groups is 2. The molecule has 1 N–H and O–H groups in total. The summed E-state index contributed by atoms with van der Waals surface area (Å²) in [6.07, 6.45) is 3.12. The molecule has 1 heterocycles. The smallest absolute Gasteiger partial charge is 0.223 e. The number of rotatable bonds is 8. The number of ether oxygens (including phenoxy) is 1. The summed E-state index contributed by atoms with van der Waals surface area (Å²) >= 11 is 5.89. The van der Waals surface area contributed by atoms with E-state index in [2.05, 4.69) is 5.32 Å². The maximum absolute atomic E-state index is 12.4. The second-order valence-electron chi connectivity index (χ2n) is 7.26. The van der Waals surface area contributed by atoms with Crippen LogP contribution in [0.25, 0.3) is 0 Å². The second kappa shape index (κ2) is 10.9. The molecule has 5 nitrogen and oxygen atoms in total. The first kappa shape index (κ1) is 21.2. The molecule has 0 unspecified atom stereocenters. The highest BCUT2D eigenvalue weighted by Gasteiger charge is 2.23. The number of amides is 2. The zero-order valence-corrected chi connectivity index (χ0v) is 17.2. The van der Waals surface area contributed by atoms with Crippen LogP contribution in [0.15, 0.2) is 54.6 Å². The molecular formula is C23H27ClN2O3. The fraction of sp³-hybridized carbons (Fsp3) is 0.391. The predicted octanol–water partition coefficient (Wildman–Crippen LogP) is 3.85. The summed E-state index contributed by atoms with van der Waals surface area (Å²) in [5.74, 6) is 0.931. The summed E-state index contributed by atoms with van der Waals surface area (Å²) in [4.78, 5) is 26.5. The number of benzene rings is 2. The summed E-state index contributed by atoms with van der Waals surface area (Å²) < 4.78 is 5.56. The van der Waals surface area contributed by atoms with Crippen LogP contribution in [-0.4, -0.2) is 42.5 Å². The van der Waals surface area contributed by atoms with Gasteiger partial charge in [-0.15, -0.1) is 0 Å². The van der Waals surface area contributed by atoms with Gasteiger partial charge in [-0.1, -0.05) is 41.9 Å². The lowest BCUT2D eigenvalue weighted by molar-refractivity contribution is -0.132. The Morgan fingerprint density at radius 1 is 1.00 bits per heavy atom. The minimum Gasteiger partial charge on any atom is -0.493 e. The third kappa shape index (κ3) is 7.09. The molecule has 0 spiro atoms. The van der Waals surface area contributed by atoms with E-state index in [-0.39, 0.29) is 17.9 Å². The van der Waals surface area contributed by atoms with E-state index < -0.39 is 0 Å². The van der Waals surface area contributed by atoms with Crippen LogP contribution in [0, 0.1) is 0 Å². The molecule has 0 bridgehead atoms. The first-order valence-electron chi connectivity index (χ1n) is 10.1. The van der Waals surface area contributed by atoms with Gasteiger partial charge in [0.1, 0.15) is 5.75 Å². The fourth-order valence-corrected chi connectivity index (χ4v) is 3.54. The molecule has 0 radical (unpaired) electrons. The van der Waals surface area contributed by atoms with E-state index in [4.69, 9.17) is 16.3 Å². The monoisotopic (exact) mass is 414 g/mol. The van der Waals surface area contributed by atoms with Gasteiger partial charge in [0.2, 0.25) is 11.8 Å². The molecule has 3 rings (SSSR count). The van der Waals surface area contributed by atoms with Crippen molar-refractivity contribution in [2.45, 2.75) is 38.1 Å². The van der Waals surface area contributed by atoms with E-state index in [9.17, 15) is 9.59 Å². The van der Waals surface area contributed by atoms with Gasteiger partial charge >= 0.3 is 0 Å². The lowest BCUT2D eigenvalue weighted by Crippen LogP contribution is -2.46. The van der Waals surface area contributed by atoms with E-state index in [1.54, 1.807) is 0 Å². The highest BCUT2D eigenvalue weighted by molar-refractivity contribution is 6.30. The van der Waals surface area contributed by atoms with Gasteiger partial charge in [-0.05, 0) is 49.1 Å². The number of nitrogens with one attached hydrogen (secondary N) is 1. The van der Waals surface area contributed by atoms with Crippen LogP contribution in [0.1, 0.15) is 31.2 Å². The molecule has 2 aromatic carbocycles. The fourth-order valence-electron chi connectivity index (χ4n) is 3.41. The lowest BCUT2D eigenvalue weighted by atomic mass is 10.0. The van der Waals surface area contributed by atoms with Crippen molar-refractivity contribution in [1.82, 2.24) is 10.2 Å². The quantitative estimate of drug-likeness (QED) is 0.713. The molecule has 0 aliphatic carbocycles. The molecule has 1 aliphatic heterocycles. The van der Waals surface area contributed by atoms with Crippen molar-refractivity contribution in [2.75, 3.05) is 19.7 Å².